The predicted molar refractivity (Wildman–Crippen MR) is 81.7 cm³/mol. The van der Waals surface area contributed by atoms with Gasteiger partial charge >= 0.3 is 0 Å². The number of rotatable bonds is 4. The molecule has 2 aromatic rings. The van der Waals surface area contributed by atoms with Crippen molar-refractivity contribution in [3.63, 3.8) is 0 Å². The van der Waals surface area contributed by atoms with Gasteiger partial charge in [0.25, 0.3) is 0 Å². The molecule has 0 amide bonds. The summed E-state index contributed by atoms with van der Waals surface area (Å²) < 4.78 is 13.2. The van der Waals surface area contributed by atoms with Crippen LogP contribution in [-0.4, -0.2) is 0 Å². The quantitative estimate of drug-likeness (QED) is 0.870. The molecule has 1 unspecified atom stereocenters. The Balaban J connectivity index is 1.90. The maximum absolute atomic E-state index is 13.2. The SMILES string of the molecule is N#Cc1cc(F)ccc1NC(c1ccc(Cl)cc1)C1CC1. The molecule has 1 fully saturated rings. The summed E-state index contributed by atoms with van der Waals surface area (Å²) in [6.45, 7) is 0. The Morgan fingerprint density at radius 1 is 1.19 bits per heavy atom. The summed E-state index contributed by atoms with van der Waals surface area (Å²) in [6.07, 6.45) is 2.31. The number of hydrogen-bond donors (Lipinski definition) is 1. The van der Waals surface area contributed by atoms with E-state index < -0.39 is 5.82 Å². The highest BCUT2D eigenvalue weighted by molar-refractivity contribution is 6.30. The van der Waals surface area contributed by atoms with Crippen LogP contribution >= 0.6 is 11.6 Å². The van der Waals surface area contributed by atoms with Crippen molar-refractivity contribution < 1.29 is 4.39 Å². The third-order valence-corrected chi connectivity index (χ3v) is 3.99. The summed E-state index contributed by atoms with van der Waals surface area (Å²) >= 11 is 5.93. The number of anilines is 1. The fourth-order valence-electron chi connectivity index (χ4n) is 2.48. The fraction of sp³-hybridized carbons (Fsp3) is 0.235. The van der Waals surface area contributed by atoms with Crippen LogP contribution in [0.4, 0.5) is 10.1 Å². The van der Waals surface area contributed by atoms with E-state index >= 15 is 0 Å². The van der Waals surface area contributed by atoms with Crippen molar-refractivity contribution in [2.24, 2.45) is 5.92 Å². The highest BCUT2D eigenvalue weighted by Crippen LogP contribution is 2.43. The molecule has 4 heteroatoms. The molecule has 21 heavy (non-hydrogen) atoms. The number of hydrogen-bond acceptors (Lipinski definition) is 2. The van der Waals surface area contributed by atoms with Crippen LogP contribution in [0.5, 0.6) is 0 Å². The Hall–Kier alpha value is -2.05. The zero-order valence-electron chi connectivity index (χ0n) is 11.3. The minimum absolute atomic E-state index is 0.125. The molecule has 0 aromatic heterocycles. The molecule has 0 aliphatic heterocycles. The molecule has 1 atom stereocenters. The third-order valence-electron chi connectivity index (χ3n) is 3.74. The number of nitrogens with zero attached hydrogens (tertiary/aromatic N) is 1. The van der Waals surface area contributed by atoms with Crippen LogP contribution in [0, 0.1) is 23.1 Å². The zero-order chi connectivity index (χ0) is 14.8. The summed E-state index contributed by atoms with van der Waals surface area (Å²) in [5.74, 6) is 0.148. The van der Waals surface area contributed by atoms with Crippen molar-refractivity contribution in [3.8, 4) is 6.07 Å². The second-order valence-electron chi connectivity index (χ2n) is 5.31. The first-order valence-electron chi connectivity index (χ1n) is 6.89. The van der Waals surface area contributed by atoms with Gasteiger partial charge in [-0.25, -0.2) is 4.39 Å². The van der Waals surface area contributed by atoms with E-state index in [0.29, 0.717) is 22.2 Å². The van der Waals surface area contributed by atoms with E-state index in [1.165, 1.54) is 12.1 Å². The maximum Gasteiger partial charge on any atom is 0.124 e. The zero-order valence-corrected chi connectivity index (χ0v) is 12.1. The number of nitrogens with one attached hydrogen (secondary N) is 1. The lowest BCUT2D eigenvalue weighted by Gasteiger charge is -2.21. The van der Waals surface area contributed by atoms with Gasteiger partial charge in [0.15, 0.2) is 0 Å². The average molecular weight is 301 g/mol. The summed E-state index contributed by atoms with van der Waals surface area (Å²) in [5, 5.41) is 13.2. The first-order chi connectivity index (χ1) is 10.2. The Morgan fingerprint density at radius 3 is 2.52 bits per heavy atom. The van der Waals surface area contributed by atoms with E-state index in [2.05, 4.69) is 5.32 Å². The summed E-state index contributed by atoms with van der Waals surface area (Å²) in [7, 11) is 0. The molecule has 1 aliphatic rings. The Morgan fingerprint density at radius 2 is 1.90 bits per heavy atom. The minimum atomic E-state index is -0.397. The Bertz CT molecular complexity index is 687. The molecule has 0 radical (unpaired) electrons. The lowest BCUT2D eigenvalue weighted by atomic mass is 10.0. The number of nitriles is 1. The predicted octanol–water partition coefficient (Wildman–Crippen LogP) is 4.91. The van der Waals surface area contributed by atoms with Crippen LogP contribution in [0.3, 0.4) is 0 Å². The van der Waals surface area contributed by atoms with Crippen molar-refractivity contribution in [2.45, 2.75) is 18.9 Å². The van der Waals surface area contributed by atoms with Crippen molar-refractivity contribution in [1.82, 2.24) is 0 Å². The molecule has 0 spiro atoms. The number of benzene rings is 2. The fourth-order valence-corrected chi connectivity index (χ4v) is 2.60. The standard InChI is InChI=1S/C17H14ClFN2/c18-14-5-3-12(4-6-14)17(11-1-2-11)21-16-8-7-15(19)9-13(16)10-20/h3-9,11,17,21H,1-2H2. The lowest BCUT2D eigenvalue weighted by Crippen LogP contribution is -2.13. The highest BCUT2D eigenvalue weighted by atomic mass is 35.5. The summed E-state index contributed by atoms with van der Waals surface area (Å²) in [4.78, 5) is 0. The van der Waals surface area contributed by atoms with Gasteiger partial charge in [0, 0.05) is 5.02 Å². The van der Waals surface area contributed by atoms with Gasteiger partial charge in [0.2, 0.25) is 0 Å². The molecule has 2 nitrogen and oxygen atoms in total. The van der Waals surface area contributed by atoms with E-state index in [4.69, 9.17) is 16.9 Å². The largest absolute Gasteiger partial charge is 0.377 e. The molecule has 0 heterocycles. The van der Waals surface area contributed by atoms with Crippen molar-refractivity contribution in [3.05, 3.63) is 64.4 Å². The van der Waals surface area contributed by atoms with Crippen molar-refractivity contribution >= 4 is 17.3 Å². The van der Waals surface area contributed by atoms with E-state index in [9.17, 15) is 4.39 Å². The van der Waals surface area contributed by atoms with Crippen LogP contribution in [0.15, 0.2) is 42.5 Å². The normalized spacial score (nSPS) is 15.3. The van der Waals surface area contributed by atoms with Gasteiger partial charge in [-0.1, -0.05) is 23.7 Å². The summed E-state index contributed by atoms with van der Waals surface area (Å²) in [5.41, 5.74) is 2.13. The topological polar surface area (TPSA) is 35.8 Å². The molecule has 2 aromatic carbocycles. The molecule has 0 bridgehead atoms. The van der Waals surface area contributed by atoms with Gasteiger partial charge < -0.3 is 5.32 Å². The first kappa shape index (κ1) is 13.9. The molecule has 0 saturated heterocycles. The second kappa shape index (κ2) is 5.75. The van der Waals surface area contributed by atoms with Crippen LogP contribution in [0.2, 0.25) is 5.02 Å². The van der Waals surface area contributed by atoms with Crippen LogP contribution in [0.25, 0.3) is 0 Å². The van der Waals surface area contributed by atoms with Gasteiger partial charge in [-0.2, -0.15) is 5.26 Å². The van der Waals surface area contributed by atoms with Crippen LogP contribution in [-0.2, 0) is 0 Å². The van der Waals surface area contributed by atoms with E-state index in [1.807, 2.05) is 30.3 Å². The maximum atomic E-state index is 13.2. The van der Waals surface area contributed by atoms with Gasteiger partial charge in [-0.15, -0.1) is 0 Å². The molecule has 1 N–H and O–H groups in total. The van der Waals surface area contributed by atoms with Gasteiger partial charge in [-0.05, 0) is 54.7 Å². The first-order valence-corrected chi connectivity index (χ1v) is 7.27. The molecule has 106 valence electrons. The Kier molecular flexibility index (Phi) is 3.81. The van der Waals surface area contributed by atoms with E-state index in [-0.39, 0.29) is 6.04 Å². The molecule has 1 saturated carbocycles. The van der Waals surface area contributed by atoms with E-state index in [1.54, 1.807) is 6.07 Å². The Labute approximate surface area is 128 Å². The monoisotopic (exact) mass is 300 g/mol. The molecule has 1 aliphatic carbocycles. The molecule has 3 rings (SSSR count). The average Bonchev–Trinajstić information content (AvgIpc) is 3.31. The lowest BCUT2D eigenvalue weighted by molar-refractivity contribution is 0.626. The van der Waals surface area contributed by atoms with Gasteiger partial charge in [-0.3, -0.25) is 0 Å². The van der Waals surface area contributed by atoms with Gasteiger partial charge in [0.1, 0.15) is 11.9 Å². The van der Waals surface area contributed by atoms with E-state index in [0.717, 1.165) is 18.4 Å². The highest BCUT2D eigenvalue weighted by Gasteiger charge is 2.32. The van der Waals surface area contributed by atoms with Crippen molar-refractivity contribution in [2.75, 3.05) is 5.32 Å². The molecular weight excluding hydrogens is 287 g/mol. The third kappa shape index (κ3) is 3.17. The minimum Gasteiger partial charge on any atom is -0.377 e. The van der Waals surface area contributed by atoms with Crippen molar-refractivity contribution in [1.29, 1.82) is 5.26 Å². The number of halogens is 2. The smallest absolute Gasteiger partial charge is 0.124 e. The van der Waals surface area contributed by atoms with Crippen LogP contribution in [0.1, 0.15) is 30.0 Å². The second-order valence-corrected chi connectivity index (χ2v) is 5.75. The van der Waals surface area contributed by atoms with Gasteiger partial charge in [0.05, 0.1) is 17.3 Å². The molecular formula is C17H14ClFN2. The van der Waals surface area contributed by atoms with Crippen LogP contribution < -0.4 is 5.32 Å². The summed E-state index contributed by atoms with van der Waals surface area (Å²) in [6, 6.07) is 14.1.